The molecule has 72 valence electrons. The number of nitrogens with zero attached hydrogens (tertiary/aromatic N) is 1. The van der Waals surface area contributed by atoms with Gasteiger partial charge in [0, 0.05) is 0 Å². The summed E-state index contributed by atoms with van der Waals surface area (Å²) in [4.78, 5) is 2.97. The van der Waals surface area contributed by atoms with Crippen LogP contribution >= 0.6 is 12.2 Å². The first-order chi connectivity index (χ1) is 5.67. The van der Waals surface area contributed by atoms with E-state index in [0.717, 1.165) is 25.9 Å². The fourth-order valence-corrected chi connectivity index (χ4v) is 1.78. The molecule has 0 radical (unpaired) electrons. The highest BCUT2D eigenvalue weighted by Crippen LogP contribution is 2.05. The van der Waals surface area contributed by atoms with E-state index in [-0.39, 0.29) is 0 Å². The van der Waals surface area contributed by atoms with Crippen LogP contribution in [-0.4, -0.2) is 29.0 Å². The van der Waals surface area contributed by atoms with Gasteiger partial charge < -0.3 is 5.73 Å². The molecule has 0 heterocycles. The van der Waals surface area contributed by atoms with Crippen LogP contribution in [0.3, 0.4) is 0 Å². The molecule has 1 atom stereocenters. The number of nitrogens with two attached hydrogens (primary N) is 1. The van der Waals surface area contributed by atoms with E-state index in [9.17, 15) is 0 Å². The van der Waals surface area contributed by atoms with E-state index >= 15 is 0 Å². The van der Waals surface area contributed by atoms with Crippen LogP contribution in [0.2, 0.25) is 0 Å². The maximum Gasteiger partial charge on any atom is 0.0901 e. The molecule has 0 amide bonds. The zero-order valence-electron chi connectivity index (χ0n) is 8.34. The third-order valence-corrected chi connectivity index (χ3v) is 2.34. The third-order valence-electron chi connectivity index (χ3n) is 2.07. The molecule has 2 N–H and O–H groups in total. The molecule has 0 aromatic rings. The smallest absolute Gasteiger partial charge is 0.0901 e. The standard InChI is InChI=1S/C9H20N2S/c1-4-7-11(6-3)8(5-2)9(10)12/h8H,4-7H2,1-3H3,(H2,10,12). The van der Waals surface area contributed by atoms with Gasteiger partial charge in [-0.2, -0.15) is 0 Å². The second kappa shape index (κ2) is 6.38. The van der Waals surface area contributed by atoms with Crippen molar-refractivity contribution in [3.05, 3.63) is 0 Å². The van der Waals surface area contributed by atoms with Gasteiger partial charge in [0.1, 0.15) is 0 Å². The Hall–Kier alpha value is -0.150. The molecular weight excluding hydrogens is 168 g/mol. The Bertz CT molecular complexity index is 136. The zero-order chi connectivity index (χ0) is 9.56. The molecule has 0 aliphatic carbocycles. The maximum absolute atomic E-state index is 5.64. The minimum Gasteiger partial charge on any atom is -0.392 e. The summed E-state index contributed by atoms with van der Waals surface area (Å²) in [6, 6.07) is 0.296. The molecule has 0 saturated heterocycles. The van der Waals surface area contributed by atoms with E-state index in [1.165, 1.54) is 0 Å². The number of likely N-dealkylation sites (N-methyl/N-ethyl adjacent to an activating group) is 1. The summed E-state index contributed by atoms with van der Waals surface area (Å²) < 4.78 is 0. The second-order valence-electron chi connectivity index (χ2n) is 2.96. The van der Waals surface area contributed by atoms with Crippen molar-refractivity contribution in [2.75, 3.05) is 13.1 Å². The van der Waals surface area contributed by atoms with Crippen molar-refractivity contribution in [1.29, 1.82) is 0 Å². The van der Waals surface area contributed by atoms with E-state index in [1.54, 1.807) is 0 Å². The Morgan fingerprint density at radius 2 is 2.00 bits per heavy atom. The Kier molecular flexibility index (Phi) is 6.30. The lowest BCUT2D eigenvalue weighted by Gasteiger charge is -2.28. The highest BCUT2D eigenvalue weighted by Gasteiger charge is 2.16. The predicted molar refractivity (Wildman–Crippen MR) is 58.4 cm³/mol. The van der Waals surface area contributed by atoms with Gasteiger partial charge in [-0.1, -0.05) is 33.0 Å². The number of thiocarbonyl (C=S) groups is 1. The Labute approximate surface area is 81.1 Å². The normalized spacial score (nSPS) is 13.3. The molecule has 1 unspecified atom stereocenters. The van der Waals surface area contributed by atoms with Gasteiger partial charge in [0.05, 0.1) is 11.0 Å². The third kappa shape index (κ3) is 3.50. The average Bonchev–Trinajstić information content (AvgIpc) is 2.03. The first-order valence-electron chi connectivity index (χ1n) is 4.70. The molecule has 0 bridgehead atoms. The molecule has 0 aliphatic rings. The molecule has 0 saturated carbocycles. The highest BCUT2D eigenvalue weighted by molar-refractivity contribution is 7.80. The summed E-state index contributed by atoms with van der Waals surface area (Å²) in [7, 11) is 0. The van der Waals surface area contributed by atoms with Crippen molar-refractivity contribution < 1.29 is 0 Å². The van der Waals surface area contributed by atoms with Crippen molar-refractivity contribution in [2.45, 2.75) is 39.7 Å². The lowest BCUT2D eigenvalue weighted by molar-refractivity contribution is 0.250. The topological polar surface area (TPSA) is 29.3 Å². The molecule has 0 aromatic carbocycles. The van der Waals surface area contributed by atoms with Crippen molar-refractivity contribution >= 4 is 17.2 Å². The monoisotopic (exact) mass is 188 g/mol. The molecule has 3 heteroatoms. The van der Waals surface area contributed by atoms with Crippen molar-refractivity contribution in [3.8, 4) is 0 Å². The van der Waals surface area contributed by atoms with E-state index in [4.69, 9.17) is 18.0 Å². The Balaban J connectivity index is 4.12. The van der Waals surface area contributed by atoms with Crippen LogP contribution in [0.5, 0.6) is 0 Å². The van der Waals surface area contributed by atoms with Crippen LogP contribution < -0.4 is 5.73 Å². The molecular formula is C9H20N2S. The summed E-state index contributed by atoms with van der Waals surface area (Å²) in [5, 5.41) is 0. The first-order valence-corrected chi connectivity index (χ1v) is 5.11. The largest absolute Gasteiger partial charge is 0.392 e. The van der Waals surface area contributed by atoms with Crippen LogP contribution in [0, 0.1) is 0 Å². The highest BCUT2D eigenvalue weighted by atomic mass is 32.1. The van der Waals surface area contributed by atoms with E-state index < -0.39 is 0 Å². The van der Waals surface area contributed by atoms with Gasteiger partial charge in [-0.15, -0.1) is 0 Å². The summed E-state index contributed by atoms with van der Waals surface area (Å²) >= 11 is 5.01. The summed E-state index contributed by atoms with van der Waals surface area (Å²) in [6.45, 7) is 8.57. The SMILES string of the molecule is CCCN(CC)C(CC)C(N)=S. The van der Waals surface area contributed by atoms with Crippen LogP contribution in [0.25, 0.3) is 0 Å². The van der Waals surface area contributed by atoms with Gasteiger partial charge in [-0.25, -0.2) is 0 Å². The molecule has 0 aromatic heterocycles. The molecule has 12 heavy (non-hydrogen) atoms. The number of hydrogen-bond acceptors (Lipinski definition) is 2. The second-order valence-corrected chi connectivity index (χ2v) is 3.43. The maximum atomic E-state index is 5.64. The minimum absolute atomic E-state index is 0.296. The van der Waals surface area contributed by atoms with Crippen LogP contribution in [-0.2, 0) is 0 Å². The van der Waals surface area contributed by atoms with Crippen molar-refractivity contribution in [2.24, 2.45) is 5.73 Å². The minimum atomic E-state index is 0.296. The van der Waals surface area contributed by atoms with Gasteiger partial charge in [0.25, 0.3) is 0 Å². The number of rotatable bonds is 6. The Morgan fingerprint density at radius 3 is 2.25 bits per heavy atom. The molecule has 0 aliphatic heterocycles. The molecule has 0 rings (SSSR count). The van der Waals surface area contributed by atoms with Crippen molar-refractivity contribution in [1.82, 2.24) is 4.90 Å². The molecule has 2 nitrogen and oxygen atoms in total. The van der Waals surface area contributed by atoms with E-state index in [0.29, 0.717) is 11.0 Å². The summed E-state index contributed by atoms with van der Waals surface area (Å²) in [5.74, 6) is 0. The van der Waals surface area contributed by atoms with Gasteiger partial charge in [0.15, 0.2) is 0 Å². The fourth-order valence-electron chi connectivity index (χ4n) is 1.46. The predicted octanol–water partition coefficient (Wildman–Crippen LogP) is 1.78. The zero-order valence-corrected chi connectivity index (χ0v) is 9.16. The van der Waals surface area contributed by atoms with E-state index in [1.807, 2.05) is 0 Å². The van der Waals surface area contributed by atoms with Gasteiger partial charge >= 0.3 is 0 Å². The lowest BCUT2D eigenvalue weighted by Crippen LogP contribution is -2.43. The van der Waals surface area contributed by atoms with E-state index in [2.05, 4.69) is 25.7 Å². The fraction of sp³-hybridized carbons (Fsp3) is 0.889. The summed E-state index contributed by atoms with van der Waals surface area (Å²) in [6.07, 6.45) is 2.18. The van der Waals surface area contributed by atoms with Gasteiger partial charge in [0.2, 0.25) is 0 Å². The molecule has 0 spiro atoms. The summed E-state index contributed by atoms with van der Waals surface area (Å²) in [5.41, 5.74) is 5.64. The first kappa shape index (κ1) is 11.8. The number of hydrogen-bond donors (Lipinski definition) is 1. The van der Waals surface area contributed by atoms with Crippen molar-refractivity contribution in [3.63, 3.8) is 0 Å². The van der Waals surface area contributed by atoms with Crippen LogP contribution in [0.15, 0.2) is 0 Å². The van der Waals surface area contributed by atoms with Crippen LogP contribution in [0.4, 0.5) is 0 Å². The molecule has 0 fully saturated rings. The average molecular weight is 188 g/mol. The Morgan fingerprint density at radius 1 is 1.42 bits per heavy atom. The van der Waals surface area contributed by atoms with Gasteiger partial charge in [-0.05, 0) is 25.9 Å². The van der Waals surface area contributed by atoms with Gasteiger partial charge in [-0.3, -0.25) is 4.90 Å². The van der Waals surface area contributed by atoms with Crippen LogP contribution in [0.1, 0.15) is 33.6 Å². The lowest BCUT2D eigenvalue weighted by atomic mass is 10.2. The quantitative estimate of drug-likeness (QED) is 0.644.